The molecule has 0 N–H and O–H groups in total. The van der Waals surface area contributed by atoms with Gasteiger partial charge in [-0.15, -0.1) is 0 Å². The van der Waals surface area contributed by atoms with Crippen LogP contribution in [0.5, 0.6) is 0 Å². The topological polar surface area (TPSA) is 0 Å². The molecule has 0 heterocycles. The maximum atomic E-state index is 0. The van der Waals surface area contributed by atoms with E-state index in [-0.39, 0.29) is 164 Å². The molecule has 0 rings (SSSR count). The van der Waals surface area contributed by atoms with Crippen LogP contribution >= 0.6 is 0 Å². The predicted octanol–water partition coefficient (Wildman–Crippen LogP) is -1.30. The molecule has 11 valence electrons. The van der Waals surface area contributed by atoms with Gasteiger partial charge in [-0.1, -0.05) is 0 Å². The first-order valence-electron chi connectivity index (χ1n) is 0. The molecule has 0 aromatic heterocycles. The van der Waals surface area contributed by atoms with Gasteiger partial charge in [0.15, 0.2) is 0 Å². The molecule has 4 heavy (non-hydrogen) atoms. The molecule has 0 amide bonds. The van der Waals surface area contributed by atoms with Crippen LogP contribution in [0.2, 0.25) is 0 Å². The molecule has 0 unspecified atom stereocenters. The Labute approximate surface area is 158 Å². The van der Waals surface area contributed by atoms with Crippen molar-refractivity contribution in [3.8, 4) is 0 Å². The van der Waals surface area contributed by atoms with Gasteiger partial charge in [0.1, 0.15) is 0 Å². The van der Waals surface area contributed by atoms with E-state index < -0.39 is 0 Å². The summed E-state index contributed by atoms with van der Waals surface area (Å²) in [5.41, 5.74) is 0. The van der Waals surface area contributed by atoms with Crippen LogP contribution in [0.15, 0.2) is 0 Å². The molecule has 4 heteroatoms. The van der Waals surface area contributed by atoms with E-state index in [0.29, 0.717) is 0 Å². The van der Waals surface area contributed by atoms with Gasteiger partial charge in [0, 0.05) is 54.4 Å². The first-order valence-corrected chi connectivity index (χ1v) is 0. The molecule has 0 atom stereocenters. The van der Waals surface area contributed by atoms with E-state index in [9.17, 15) is 0 Å². The summed E-state index contributed by atoms with van der Waals surface area (Å²) in [6, 6.07) is 0. The molecular formula is H2KRbTiY. The minimum atomic E-state index is 0. The Hall–Kier alpha value is 5.26. The van der Waals surface area contributed by atoms with Gasteiger partial charge in [-0.3, -0.25) is 0 Å². The molecular weight excluding hydrogens is 261 g/mol. The second-order valence-corrected chi connectivity index (χ2v) is 0. The zero-order valence-corrected chi connectivity index (χ0v) is 5.48. The third-order valence-electron chi connectivity index (χ3n) is 0. The van der Waals surface area contributed by atoms with Crippen molar-refractivity contribution in [2.75, 3.05) is 0 Å². The van der Waals surface area contributed by atoms with Gasteiger partial charge in [0.25, 0.3) is 0 Å². The number of rotatable bonds is 0. The Bertz CT molecular complexity index is 8.00. The van der Waals surface area contributed by atoms with Crippen LogP contribution in [0.3, 0.4) is 0 Å². The summed E-state index contributed by atoms with van der Waals surface area (Å²) in [5.74, 6) is 0. The standard InChI is InChI=1S/K.Rb.Ti.Y.2H. The molecule has 0 fully saturated rings. The van der Waals surface area contributed by atoms with E-state index in [2.05, 4.69) is 0 Å². The Balaban J connectivity index is 0. The van der Waals surface area contributed by atoms with Crippen LogP contribution in [-0.2, 0) is 54.4 Å². The molecule has 0 spiro atoms. The predicted molar refractivity (Wildman–Crippen MR) is 14.3 cm³/mol. The normalized spacial score (nSPS) is 0. The number of hydrogen-bond acceptors (Lipinski definition) is 0. The molecule has 0 saturated carbocycles. The monoisotopic (exact) mass is 263 g/mol. The van der Waals surface area contributed by atoms with Crippen molar-refractivity contribution in [3.05, 3.63) is 0 Å². The maximum absolute atomic E-state index is 0. The summed E-state index contributed by atoms with van der Waals surface area (Å²) in [6.45, 7) is 0. The van der Waals surface area contributed by atoms with Crippen molar-refractivity contribution in [1.29, 1.82) is 0 Å². The van der Waals surface area contributed by atoms with Gasteiger partial charge < -0.3 is 0 Å². The molecule has 0 aliphatic carbocycles. The van der Waals surface area contributed by atoms with E-state index in [1.54, 1.807) is 0 Å². The SMILES string of the molecule is [KH].[RbH].[Ti].[Y]. The van der Waals surface area contributed by atoms with Crippen molar-refractivity contribution >= 4 is 110 Å². The van der Waals surface area contributed by atoms with Crippen LogP contribution in [0.4, 0.5) is 0 Å². The Morgan fingerprint density at radius 2 is 1.00 bits per heavy atom. The molecule has 0 bridgehead atoms. The van der Waals surface area contributed by atoms with Gasteiger partial charge in [-0.2, -0.15) is 0 Å². The minimum absolute atomic E-state index is 0. The van der Waals surface area contributed by atoms with Crippen LogP contribution < -0.4 is 0 Å². The average Bonchev–Trinajstić information content (AvgIpc) is 0. The smallest absolute Gasteiger partial charge is 0 e. The summed E-state index contributed by atoms with van der Waals surface area (Å²) in [7, 11) is 0. The Morgan fingerprint density at radius 1 is 1.00 bits per heavy atom. The van der Waals surface area contributed by atoms with Crippen LogP contribution in [-0.4, -0.2) is 110 Å². The van der Waals surface area contributed by atoms with E-state index >= 15 is 0 Å². The van der Waals surface area contributed by atoms with Crippen LogP contribution in [0.25, 0.3) is 0 Å². The van der Waals surface area contributed by atoms with Crippen molar-refractivity contribution < 1.29 is 54.4 Å². The average molecular weight is 263 g/mol. The largest absolute Gasteiger partial charge is 0 e. The third-order valence-corrected chi connectivity index (χ3v) is 0. The summed E-state index contributed by atoms with van der Waals surface area (Å²) in [6.07, 6.45) is 0. The second-order valence-electron chi connectivity index (χ2n) is 0. The van der Waals surface area contributed by atoms with Crippen LogP contribution in [0, 0.1) is 0 Å². The van der Waals surface area contributed by atoms with E-state index in [4.69, 9.17) is 0 Å². The molecule has 0 aliphatic heterocycles. The second kappa shape index (κ2) is 15.7. The van der Waals surface area contributed by atoms with Gasteiger partial charge in [0.05, 0.1) is 0 Å². The summed E-state index contributed by atoms with van der Waals surface area (Å²) < 4.78 is 0. The van der Waals surface area contributed by atoms with Crippen molar-refractivity contribution in [2.45, 2.75) is 0 Å². The first kappa shape index (κ1) is 22.8. The van der Waals surface area contributed by atoms with Crippen molar-refractivity contribution in [3.63, 3.8) is 0 Å². The fourth-order valence-electron chi connectivity index (χ4n) is 0. The van der Waals surface area contributed by atoms with E-state index in [0.717, 1.165) is 0 Å². The van der Waals surface area contributed by atoms with Crippen LogP contribution in [0.1, 0.15) is 0 Å². The zero-order valence-electron chi connectivity index (χ0n) is 1.08. The Morgan fingerprint density at radius 3 is 1.00 bits per heavy atom. The molecule has 0 saturated heterocycles. The quantitative estimate of drug-likeness (QED) is 0.477. The van der Waals surface area contributed by atoms with E-state index in [1.165, 1.54) is 0 Å². The molecule has 1 radical (unpaired) electrons. The fraction of sp³-hybridized carbons (Fsp3) is 0. The van der Waals surface area contributed by atoms with Gasteiger partial charge in [0.2, 0.25) is 0 Å². The Kier molecular flexibility index (Phi) is 89.8. The summed E-state index contributed by atoms with van der Waals surface area (Å²) in [5, 5.41) is 0. The molecule has 0 aromatic carbocycles. The number of hydrogen-bond donors (Lipinski definition) is 0. The minimum Gasteiger partial charge on any atom is 0 e. The molecule has 0 nitrogen and oxygen atoms in total. The summed E-state index contributed by atoms with van der Waals surface area (Å²) in [4.78, 5) is 0. The molecule has 0 aromatic rings. The van der Waals surface area contributed by atoms with Gasteiger partial charge >= 0.3 is 110 Å². The molecule has 0 aliphatic rings. The first-order chi connectivity index (χ1) is 0. The zero-order chi connectivity index (χ0) is 0. The van der Waals surface area contributed by atoms with Gasteiger partial charge in [-0.05, 0) is 0 Å². The maximum Gasteiger partial charge on any atom is 0 e. The van der Waals surface area contributed by atoms with Crippen molar-refractivity contribution in [2.24, 2.45) is 0 Å². The summed E-state index contributed by atoms with van der Waals surface area (Å²) >= 11 is 0. The fourth-order valence-corrected chi connectivity index (χ4v) is 0. The third kappa shape index (κ3) is 10.3. The van der Waals surface area contributed by atoms with E-state index in [1.807, 2.05) is 0 Å². The van der Waals surface area contributed by atoms with Gasteiger partial charge in [-0.25, -0.2) is 0 Å². The van der Waals surface area contributed by atoms with Crippen molar-refractivity contribution in [1.82, 2.24) is 0 Å².